The number of carbonyl (C=O) groups excluding carboxylic acids is 7. The van der Waals surface area contributed by atoms with Crippen molar-refractivity contribution in [2.75, 3.05) is 32.9 Å². The van der Waals surface area contributed by atoms with Gasteiger partial charge >= 0.3 is 11.9 Å². The summed E-state index contributed by atoms with van der Waals surface area (Å²) in [6.45, 7) is -1.87. The number of hydrogen-bond donors (Lipinski definition) is 18. The molecule has 1 aromatic rings. The van der Waals surface area contributed by atoms with Gasteiger partial charge in [-0.3, -0.25) is 48.3 Å². The second-order valence-electron chi connectivity index (χ2n) is 14.5. The average Bonchev–Trinajstić information content (AvgIpc) is 3.25. The number of carboxylic acids is 2. The molecular formula is C37H60N14O15. The minimum Gasteiger partial charge on any atom is -0.508 e. The SMILES string of the molecule is C[C@H](NC(=O)[C@H](CO)NC(=O)[C@H](CCCN=C(N)N)NC(=O)[C@H](CC(=O)O)NC(=O)[C@@H](N)CO)C(=O)N[C@@H](CCCN=C(N)N)C(=O)N[C@@H](CO)C(=O)N[C@@H](Cc1ccc(O)cc1)C(=O)O. The number of nitrogens with two attached hydrogens (primary N) is 5. The van der Waals surface area contributed by atoms with E-state index in [0.29, 0.717) is 5.56 Å². The fourth-order valence-corrected chi connectivity index (χ4v) is 5.51. The van der Waals surface area contributed by atoms with E-state index in [4.69, 9.17) is 28.7 Å². The third-order valence-electron chi connectivity index (χ3n) is 9.08. The highest BCUT2D eigenvalue weighted by Gasteiger charge is 2.34. The van der Waals surface area contributed by atoms with Crippen molar-refractivity contribution in [3.63, 3.8) is 0 Å². The Morgan fingerprint density at radius 3 is 1.36 bits per heavy atom. The van der Waals surface area contributed by atoms with Crippen molar-refractivity contribution in [3.05, 3.63) is 29.8 Å². The topological polar surface area (TPSA) is 514 Å². The standard InChI is InChI=1S/C37H60N14O15/c1-17(45-33(63)25(15-53)50-31(61)22(5-3-11-44-37(41)42)47-32(62)23(13-27(56)57)48-29(59)20(38)14-52)28(58)46-21(4-2-10-43-36(39)40)30(60)51-26(16-54)34(64)49-24(35(65)66)12-18-6-8-19(55)9-7-18/h6-9,17,20-26,52-55H,2-5,10-16,38H2,1H3,(H,45,63)(H,46,58)(H,47,62)(H,48,59)(H,49,64)(H,50,61)(H,51,60)(H,56,57)(H,65,66)(H4,39,40,43)(H4,41,42,44)/t17-,20-,21-,22-,23-,24-,25-,26-/m0/s1. The number of aliphatic imine (C=N–C) groups is 2. The molecule has 0 bridgehead atoms. The lowest BCUT2D eigenvalue weighted by molar-refractivity contribution is -0.142. The summed E-state index contributed by atoms with van der Waals surface area (Å²) in [5.74, 6) is -11.4. The van der Waals surface area contributed by atoms with Gasteiger partial charge in [-0.1, -0.05) is 12.1 Å². The Balaban J connectivity index is 3.20. The monoisotopic (exact) mass is 940 g/mol. The molecule has 29 heteroatoms. The summed E-state index contributed by atoms with van der Waals surface area (Å²) in [6.07, 6.45) is -1.58. The summed E-state index contributed by atoms with van der Waals surface area (Å²) in [4.78, 5) is 123. The third kappa shape index (κ3) is 21.3. The van der Waals surface area contributed by atoms with Crippen LogP contribution in [-0.4, -0.2) is 177 Å². The Kier molecular flexibility index (Phi) is 25.0. The maximum absolute atomic E-state index is 13.5. The minimum absolute atomic E-state index is 0.0170. The van der Waals surface area contributed by atoms with Gasteiger partial charge in [-0.15, -0.1) is 0 Å². The fourth-order valence-electron chi connectivity index (χ4n) is 5.51. The van der Waals surface area contributed by atoms with E-state index in [0.717, 1.165) is 6.92 Å². The number of benzene rings is 1. The van der Waals surface area contributed by atoms with Crippen LogP contribution in [0.15, 0.2) is 34.3 Å². The van der Waals surface area contributed by atoms with Crippen LogP contribution in [0.5, 0.6) is 5.75 Å². The van der Waals surface area contributed by atoms with E-state index in [2.05, 4.69) is 47.2 Å². The van der Waals surface area contributed by atoms with Gasteiger partial charge in [-0.05, 0) is 50.3 Å². The molecule has 0 heterocycles. The highest BCUT2D eigenvalue weighted by Crippen LogP contribution is 2.12. The van der Waals surface area contributed by atoms with Crippen LogP contribution in [0.25, 0.3) is 0 Å². The molecule has 0 aliphatic carbocycles. The van der Waals surface area contributed by atoms with Crippen molar-refractivity contribution >= 4 is 65.2 Å². The lowest BCUT2D eigenvalue weighted by atomic mass is 10.1. The molecule has 368 valence electrons. The normalized spacial score (nSPS) is 14.4. The number of carboxylic acid groups (broad SMARTS) is 2. The number of carbonyl (C=O) groups is 9. The maximum atomic E-state index is 13.5. The number of phenols is 1. The lowest BCUT2D eigenvalue weighted by Gasteiger charge is -2.26. The Hall–Kier alpha value is -7.37. The zero-order valence-electron chi connectivity index (χ0n) is 35.8. The molecule has 0 spiro atoms. The Bertz CT molecular complexity index is 1890. The molecule has 66 heavy (non-hydrogen) atoms. The van der Waals surface area contributed by atoms with Crippen LogP contribution in [0.1, 0.15) is 44.6 Å². The molecule has 0 aliphatic rings. The molecule has 0 saturated heterocycles. The van der Waals surface area contributed by atoms with E-state index in [1.165, 1.54) is 24.3 Å². The van der Waals surface area contributed by atoms with Crippen LogP contribution in [0, 0.1) is 0 Å². The molecular weight excluding hydrogens is 880 g/mol. The van der Waals surface area contributed by atoms with Crippen molar-refractivity contribution < 1.29 is 73.8 Å². The van der Waals surface area contributed by atoms with E-state index in [9.17, 15) is 73.8 Å². The summed E-state index contributed by atoms with van der Waals surface area (Å²) < 4.78 is 0. The quantitative estimate of drug-likeness (QED) is 0.0193. The largest absolute Gasteiger partial charge is 0.508 e. The number of aliphatic hydroxyl groups is 3. The highest BCUT2D eigenvalue weighted by atomic mass is 16.4. The molecule has 1 rings (SSSR count). The zero-order chi connectivity index (χ0) is 50.1. The molecule has 29 nitrogen and oxygen atoms in total. The van der Waals surface area contributed by atoms with Crippen LogP contribution >= 0.6 is 0 Å². The molecule has 23 N–H and O–H groups in total. The Labute approximate surface area is 376 Å². The summed E-state index contributed by atoms with van der Waals surface area (Å²) in [5.41, 5.74) is 27.3. The number of aliphatic carboxylic acids is 2. The molecule has 8 atom stereocenters. The number of guanidine groups is 2. The van der Waals surface area contributed by atoms with Gasteiger partial charge in [0.1, 0.15) is 54.1 Å². The predicted molar refractivity (Wildman–Crippen MR) is 230 cm³/mol. The van der Waals surface area contributed by atoms with Crippen LogP contribution in [0.4, 0.5) is 0 Å². The first kappa shape index (κ1) is 56.6. The molecule has 0 unspecified atom stereocenters. The summed E-state index contributed by atoms with van der Waals surface area (Å²) >= 11 is 0. The number of nitrogens with zero attached hydrogens (tertiary/aromatic N) is 2. The molecule has 0 fully saturated rings. The second-order valence-corrected chi connectivity index (χ2v) is 14.5. The Morgan fingerprint density at radius 2 is 0.939 bits per heavy atom. The van der Waals surface area contributed by atoms with Crippen molar-refractivity contribution in [1.29, 1.82) is 0 Å². The van der Waals surface area contributed by atoms with Gasteiger partial charge in [-0.2, -0.15) is 0 Å². The van der Waals surface area contributed by atoms with Crippen molar-refractivity contribution in [3.8, 4) is 5.75 Å². The van der Waals surface area contributed by atoms with Crippen LogP contribution in [0.3, 0.4) is 0 Å². The van der Waals surface area contributed by atoms with E-state index in [1.807, 2.05) is 0 Å². The molecule has 0 saturated carbocycles. The van der Waals surface area contributed by atoms with Crippen molar-refractivity contribution in [2.45, 2.75) is 93.8 Å². The molecule has 0 radical (unpaired) electrons. The first-order valence-electron chi connectivity index (χ1n) is 20.1. The van der Waals surface area contributed by atoms with Crippen LogP contribution < -0.4 is 65.9 Å². The van der Waals surface area contributed by atoms with Gasteiger partial charge in [0.25, 0.3) is 0 Å². The summed E-state index contributed by atoms with van der Waals surface area (Å²) in [7, 11) is 0. The van der Waals surface area contributed by atoms with Gasteiger partial charge in [0.2, 0.25) is 41.4 Å². The van der Waals surface area contributed by atoms with E-state index in [-0.39, 0.29) is 62.9 Å². The van der Waals surface area contributed by atoms with Gasteiger partial charge < -0.3 is 96.5 Å². The number of hydrogen-bond acceptors (Lipinski definition) is 16. The van der Waals surface area contributed by atoms with Crippen molar-refractivity contribution in [1.82, 2.24) is 37.2 Å². The minimum atomic E-state index is -1.80. The average molecular weight is 941 g/mol. The zero-order valence-corrected chi connectivity index (χ0v) is 35.8. The smallest absolute Gasteiger partial charge is 0.326 e. The summed E-state index contributed by atoms with van der Waals surface area (Å²) in [5, 5.41) is 73.3. The predicted octanol–water partition coefficient (Wildman–Crippen LogP) is -8.68. The van der Waals surface area contributed by atoms with E-state index < -0.39 is 128 Å². The Morgan fingerprint density at radius 1 is 0.545 bits per heavy atom. The van der Waals surface area contributed by atoms with E-state index in [1.54, 1.807) is 0 Å². The first-order valence-corrected chi connectivity index (χ1v) is 20.1. The summed E-state index contributed by atoms with van der Waals surface area (Å²) in [6, 6.07) is -7.51. The number of amides is 7. The van der Waals surface area contributed by atoms with Crippen LogP contribution in [0.2, 0.25) is 0 Å². The first-order chi connectivity index (χ1) is 31.0. The van der Waals surface area contributed by atoms with Gasteiger partial charge in [0.15, 0.2) is 11.9 Å². The third-order valence-corrected chi connectivity index (χ3v) is 9.08. The number of aliphatic hydroxyl groups excluding tert-OH is 3. The molecule has 7 amide bonds. The maximum Gasteiger partial charge on any atom is 0.326 e. The highest BCUT2D eigenvalue weighted by molar-refractivity contribution is 5.98. The molecule has 0 aromatic heterocycles. The van der Waals surface area contributed by atoms with Crippen LogP contribution in [-0.2, 0) is 49.6 Å². The number of rotatable bonds is 30. The number of nitrogens with one attached hydrogen (secondary N) is 7. The lowest BCUT2D eigenvalue weighted by Crippen LogP contribution is -2.60. The molecule has 0 aliphatic heterocycles. The van der Waals surface area contributed by atoms with Gasteiger partial charge in [0, 0.05) is 19.5 Å². The molecule has 1 aromatic carbocycles. The van der Waals surface area contributed by atoms with E-state index >= 15 is 0 Å². The van der Waals surface area contributed by atoms with Gasteiger partial charge in [0.05, 0.1) is 26.2 Å². The van der Waals surface area contributed by atoms with Gasteiger partial charge in [-0.25, -0.2) is 4.79 Å². The number of phenolic OH excluding ortho intramolecular Hbond substituents is 1. The number of aromatic hydroxyl groups is 1. The second kappa shape index (κ2) is 29.1. The fraction of sp³-hybridized carbons (Fsp3) is 0.541. The van der Waals surface area contributed by atoms with Crippen molar-refractivity contribution in [2.24, 2.45) is 38.7 Å².